The molecule has 2 heterocycles. The number of hydrogen-bond acceptors (Lipinski definition) is 6. The standard InChI is InChI=1S/C33H45FN6O5/c1-6-40-26(13-15-35-40)29(41)38-28(27(20-7-8-20)21-9-10-21)30(42)37-25-12-11-22(17-24(25)34)19(2)31(43)39-16-14-23(18-39)36-32(44)45-33(3,4)5/h11-13,15,17,19-21,23,27-28H,6-10,14,16,18H2,1-5H3,(H,36,44)(H,37,42)(H,38,41)/t19-,23?,28-/m0/s1. The number of alkyl carbamates (subject to hydrolysis) is 1. The van der Waals surface area contributed by atoms with E-state index in [1.54, 1.807) is 55.6 Å². The van der Waals surface area contributed by atoms with Gasteiger partial charge in [0, 0.05) is 25.8 Å². The number of nitrogens with zero attached hydrogens (tertiary/aromatic N) is 3. The molecule has 11 nitrogen and oxygen atoms in total. The molecule has 1 unspecified atom stereocenters. The van der Waals surface area contributed by atoms with Gasteiger partial charge in [-0.1, -0.05) is 6.07 Å². The van der Waals surface area contributed by atoms with Crippen molar-refractivity contribution in [1.29, 1.82) is 0 Å². The lowest BCUT2D eigenvalue weighted by molar-refractivity contribution is -0.131. The quantitative estimate of drug-likeness (QED) is 0.338. The van der Waals surface area contributed by atoms with Gasteiger partial charge in [-0.15, -0.1) is 0 Å². The van der Waals surface area contributed by atoms with Gasteiger partial charge in [0.1, 0.15) is 23.2 Å². The number of likely N-dealkylation sites (tertiary alicyclic amines) is 1. The Morgan fingerprint density at radius 2 is 1.76 bits per heavy atom. The number of hydrogen-bond donors (Lipinski definition) is 3. The number of rotatable bonds is 11. The zero-order valence-corrected chi connectivity index (χ0v) is 26.8. The van der Waals surface area contributed by atoms with Crippen LogP contribution in [-0.2, 0) is 20.9 Å². The summed E-state index contributed by atoms with van der Waals surface area (Å²) in [5.74, 6) is -1.60. The molecule has 3 aliphatic rings. The van der Waals surface area contributed by atoms with E-state index in [1.165, 1.54) is 12.1 Å². The Balaban J connectivity index is 1.23. The molecule has 1 saturated heterocycles. The van der Waals surface area contributed by atoms with Gasteiger partial charge < -0.3 is 25.6 Å². The van der Waals surface area contributed by atoms with E-state index >= 15 is 4.39 Å². The summed E-state index contributed by atoms with van der Waals surface area (Å²) in [6.45, 7) is 10.3. The number of anilines is 1. The third-order valence-electron chi connectivity index (χ3n) is 8.88. The summed E-state index contributed by atoms with van der Waals surface area (Å²) >= 11 is 0. The topological polar surface area (TPSA) is 135 Å². The van der Waals surface area contributed by atoms with E-state index in [2.05, 4.69) is 21.0 Å². The van der Waals surface area contributed by atoms with Crippen LogP contribution < -0.4 is 16.0 Å². The lowest BCUT2D eigenvalue weighted by atomic mass is 9.88. The number of amides is 4. The van der Waals surface area contributed by atoms with Crippen LogP contribution in [0, 0.1) is 23.6 Å². The number of carbonyl (C=O) groups is 4. The Kier molecular flexibility index (Phi) is 9.50. The summed E-state index contributed by atoms with van der Waals surface area (Å²) in [6, 6.07) is 4.97. The van der Waals surface area contributed by atoms with Gasteiger partial charge in [0.2, 0.25) is 11.8 Å². The Morgan fingerprint density at radius 3 is 2.36 bits per heavy atom. The highest BCUT2D eigenvalue weighted by atomic mass is 19.1. The minimum Gasteiger partial charge on any atom is -0.444 e. The van der Waals surface area contributed by atoms with Crippen molar-refractivity contribution in [1.82, 2.24) is 25.3 Å². The van der Waals surface area contributed by atoms with Crippen molar-refractivity contribution < 1.29 is 28.3 Å². The summed E-state index contributed by atoms with van der Waals surface area (Å²) in [5.41, 5.74) is 0.229. The molecule has 1 aromatic carbocycles. The monoisotopic (exact) mass is 624 g/mol. The number of benzene rings is 1. The molecule has 3 atom stereocenters. The van der Waals surface area contributed by atoms with Crippen molar-refractivity contribution >= 4 is 29.5 Å². The van der Waals surface area contributed by atoms with Crippen molar-refractivity contribution in [3.05, 3.63) is 47.5 Å². The molecule has 3 fully saturated rings. The maximum atomic E-state index is 15.4. The van der Waals surface area contributed by atoms with E-state index in [-0.39, 0.29) is 29.5 Å². The molecule has 3 N–H and O–H groups in total. The van der Waals surface area contributed by atoms with E-state index < -0.39 is 35.4 Å². The van der Waals surface area contributed by atoms with Crippen LogP contribution in [0.25, 0.3) is 0 Å². The van der Waals surface area contributed by atoms with Crippen LogP contribution in [0.3, 0.4) is 0 Å². The highest BCUT2D eigenvalue weighted by molar-refractivity contribution is 6.01. The predicted molar refractivity (Wildman–Crippen MR) is 166 cm³/mol. The fourth-order valence-corrected chi connectivity index (χ4v) is 6.30. The van der Waals surface area contributed by atoms with Crippen LogP contribution in [0.4, 0.5) is 14.9 Å². The van der Waals surface area contributed by atoms with Crippen LogP contribution in [-0.4, -0.2) is 69.3 Å². The Labute approximate surface area is 263 Å². The van der Waals surface area contributed by atoms with Crippen molar-refractivity contribution in [3.8, 4) is 0 Å². The van der Waals surface area contributed by atoms with Crippen LogP contribution in [0.5, 0.6) is 0 Å². The van der Waals surface area contributed by atoms with Crippen molar-refractivity contribution in [2.24, 2.45) is 17.8 Å². The zero-order valence-electron chi connectivity index (χ0n) is 26.8. The van der Waals surface area contributed by atoms with Crippen molar-refractivity contribution in [3.63, 3.8) is 0 Å². The largest absolute Gasteiger partial charge is 0.444 e. The summed E-state index contributed by atoms with van der Waals surface area (Å²) < 4.78 is 22.3. The van der Waals surface area contributed by atoms with Gasteiger partial charge >= 0.3 is 6.09 Å². The van der Waals surface area contributed by atoms with Gasteiger partial charge in [-0.2, -0.15) is 5.10 Å². The fourth-order valence-electron chi connectivity index (χ4n) is 6.30. The molecule has 1 aromatic heterocycles. The molecule has 0 bridgehead atoms. The molecule has 2 aliphatic carbocycles. The minimum atomic E-state index is -0.810. The van der Waals surface area contributed by atoms with Crippen molar-refractivity contribution in [2.45, 2.75) is 96.9 Å². The highest BCUT2D eigenvalue weighted by Gasteiger charge is 2.48. The molecule has 45 heavy (non-hydrogen) atoms. The summed E-state index contributed by atoms with van der Waals surface area (Å²) in [7, 11) is 0. The van der Waals surface area contributed by atoms with Gasteiger partial charge in [0.25, 0.3) is 5.91 Å². The molecule has 2 aromatic rings. The smallest absolute Gasteiger partial charge is 0.407 e. The van der Waals surface area contributed by atoms with Gasteiger partial charge in [-0.3, -0.25) is 19.1 Å². The molecule has 12 heteroatoms. The van der Waals surface area contributed by atoms with Gasteiger partial charge in [0.15, 0.2) is 0 Å². The second-order valence-electron chi connectivity index (χ2n) is 13.6. The summed E-state index contributed by atoms with van der Waals surface area (Å²) in [4.78, 5) is 54.0. The molecule has 2 saturated carbocycles. The molecule has 5 rings (SSSR count). The molecular weight excluding hydrogens is 579 g/mol. The molecule has 1 aliphatic heterocycles. The van der Waals surface area contributed by atoms with Crippen molar-refractivity contribution in [2.75, 3.05) is 18.4 Å². The molecular formula is C33H45FN6O5. The lowest BCUT2D eigenvalue weighted by Crippen LogP contribution is -2.50. The average Bonchev–Trinajstić information content (AvgIpc) is 3.90. The Hall–Kier alpha value is -3.96. The van der Waals surface area contributed by atoms with Gasteiger partial charge in [-0.05, 0) is 108 Å². The van der Waals surface area contributed by atoms with Crippen LogP contribution in [0.1, 0.15) is 88.7 Å². The maximum Gasteiger partial charge on any atom is 0.407 e. The SMILES string of the molecule is CCn1nccc1C(=O)N[C@H](C(=O)Nc1ccc([C@H](C)C(=O)N2CCC(NC(=O)OC(C)(C)C)C2)cc1F)C(C1CC1)C1CC1. The minimum absolute atomic E-state index is 0.00520. The first kappa shape index (κ1) is 32.4. The number of aromatic nitrogens is 2. The van der Waals surface area contributed by atoms with Gasteiger partial charge in [-0.25, -0.2) is 9.18 Å². The fraction of sp³-hybridized carbons (Fsp3) is 0.606. The molecule has 244 valence electrons. The van der Waals surface area contributed by atoms with Gasteiger partial charge in [0.05, 0.1) is 17.6 Å². The molecule has 0 radical (unpaired) electrons. The average molecular weight is 625 g/mol. The van der Waals surface area contributed by atoms with E-state index in [1.807, 2.05) is 6.92 Å². The molecule has 4 amide bonds. The van der Waals surface area contributed by atoms with E-state index in [4.69, 9.17) is 4.74 Å². The first-order valence-corrected chi connectivity index (χ1v) is 16.1. The number of aryl methyl sites for hydroxylation is 1. The van der Waals surface area contributed by atoms with E-state index in [0.29, 0.717) is 49.1 Å². The number of carbonyl (C=O) groups excluding carboxylic acids is 4. The zero-order chi connectivity index (χ0) is 32.5. The van der Waals surface area contributed by atoms with Crippen LogP contribution in [0.2, 0.25) is 0 Å². The summed E-state index contributed by atoms with van der Waals surface area (Å²) in [6.07, 6.45) is 5.67. The highest BCUT2D eigenvalue weighted by Crippen LogP contribution is 2.51. The second-order valence-corrected chi connectivity index (χ2v) is 13.6. The number of ether oxygens (including phenoxy) is 1. The first-order valence-electron chi connectivity index (χ1n) is 16.1. The van der Waals surface area contributed by atoms with E-state index in [0.717, 1.165) is 25.7 Å². The lowest BCUT2D eigenvalue weighted by Gasteiger charge is -2.28. The number of halogens is 1. The predicted octanol–water partition coefficient (Wildman–Crippen LogP) is 4.44. The van der Waals surface area contributed by atoms with Crippen LogP contribution in [0.15, 0.2) is 30.5 Å². The molecule has 0 spiro atoms. The van der Waals surface area contributed by atoms with E-state index in [9.17, 15) is 19.2 Å². The third kappa shape index (κ3) is 8.01. The third-order valence-corrected chi connectivity index (χ3v) is 8.88. The van der Waals surface area contributed by atoms with Crippen LogP contribution >= 0.6 is 0 Å². The maximum absolute atomic E-state index is 15.4. The number of nitrogens with one attached hydrogen (secondary N) is 3. The Morgan fingerprint density at radius 1 is 1.07 bits per heavy atom. The Bertz CT molecular complexity index is 1420. The second kappa shape index (κ2) is 13.2. The summed E-state index contributed by atoms with van der Waals surface area (Å²) in [5, 5.41) is 12.7. The first-order chi connectivity index (χ1) is 21.3. The normalized spacial score (nSPS) is 19.6.